The normalized spacial score (nSPS) is 20.5. The third-order valence-electron chi connectivity index (χ3n) is 2.37. The first-order chi connectivity index (χ1) is 7.60. The second-order valence-corrected chi connectivity index (χ2v) is 4.68. The van der Waals surface area contributed by atoms with Crippen LogP contribution in [0.2, 0.25) is 5.15 Å². The molecule has 0 bridgehead atoms. The van der Waals surface area contributed by atoms with Crippen molar-refractivity contribution in [3.63, 3.8) is 0 Å². The lowest BCUT2D eigenvalue weighted by Gasteiger charge is -2.14. The topological polar surface area (TPSA) is 72.1 Å². The molecule has 0 radical (unpaired) electrons. The van der Waals surface area contributed by atoms with Gasteiger partial charge in [-0.05, 0) is 5.92 Å². The Morgan fingerprint density at radius 3 is 2.94 bits per heavy atom. The second-order valence-electron chi connectivity index (χ2n) is 3.64. The summed E-state index contributed by atoms with van der Waals surface area (Å²) >= 11 is 9.13. The predicted octanol–water partition coefficient (Wildman–Crippen LogP) is 1.46. The smallest absolute Gasteiger partial charge is 0.235 e. The van der Waals surface area contributed by atoms with Crippen LogP contribution in [0.15, 0.2) is 6.07 Å². The lowest BCUT2D eigenvalue weighted by molar-refractivity contribution is -0.117. The molecule has 2 heterocycles. The maximum atomic E-state index is 11.7. The molecule has 0 spiro atoms. The van der Waals surface area contributed by atoms with E-state index in [2.05, 4.69) is 25.9 Å². The Morgan fingerprint density at radius 1 is 1.62 bits per heavy atom. The van der Waals surface area contributed by atoms with Gasteiger partial charge in [0.25, 0.3) is 0 Å². The number of nitrogens with zero attached hydrogens (tertiary/aromatic N) is 3. The average Bonchev–Trinajstić information content (AvgIpc) is 2.58. The minimum absolute atomic E-state index is 0.00566. The van der Waals surface area contributed by atoms with Crippen LogP contribution >= 0.6 is 27.5 Å². The van der Waals surface area contributed by atoms with Gasteiger partial charge in [0.15, 0.2) is 0 Å². The van der Waals surface area contributed by atoms with Crippen LogP contribution in [0.3, 0.4) is 0 Å². The highest BCUT2D eigenvalue weighted by atomic mass is 79.9. The number of hydrogen-bond donors (Lipinski definition) is 1. The highest BCUT2D eigenvalue weighted by Crippen LogP contribution is 2.25. The number of aromatic nitrogens is 2. The van der Waals surface area contributed by atoms with E-state index >= 15 is 0 Å². The zero-order valence-electron chi connectivity index (χ0n) is 8.36. The molecule has 7 heteroatoms. The fraction of sp³-hybridized carbons (Fsp3) is 0.444. The number of amides is 1. The quantitative estimate of drug-likeness (QED) is 0.663. The van der Waals surface area contributed by atoms with Gasteiger partial charge in [-0.1, -0.05) is 27.5 Å². The maximum absolute atomic E-state index is 11.7. The summed E-state index contributed by atoms with van der Waals surface area (Å²) in [4.78, 5) is 21.2. The summed E-state index contributed by atoms with van der Waals surface area (Å²) in [5.74, 6) is 0.853. The lowest BCUT2D eigenvalue weighted by Crippen LogP contribution is -2.27. The number of carbonyl (C=O) groups excluding carboxylic acids is 1. The Balaban J connectivity index is 2.27. The lowest BCUT2D eigenvalue weighted by atomic mass is 10.2. The van der Waals surface area contributed by atoms with Gasteiger partial charge >= 0.3 is 0 Å². The molecule has 86 valence electrons. The summed E-state index contributed by atoms with van der Waals surface area (Å²) in [6, 6.07) is 1.45. The number of rotatable bonds is 2. The average molecular weight is 306 g/mol. The van der Waals surface area contributed by atoms with E-state index in [4.69, 9.17) is 17.3 Å². The summed E-state index contributed by atoms with van der Waals surface area (Å²) in [6.07, 6.45) is 0.501. The Kier molecular flexibility index (Phi) is 3.30. The van der Waals surface area contributed by atoms with Crippen molar-refractivity contribution in [3.8, 4) is 0 Å². The van der Waals surface area contributed by atoms with E-state index in [-0.39, 0.29) is 22.8 Å². The van der Waals surface area contributed by atoms with Crippen LogP contribution in [-0.4, -0.2) is 27.7 Å². The van der Waals surface area contributed by atoms with Gasteiger partial charge in [-0.25, -0.2) is 4.98 Å². The molecule has 0 saturated carbocycles. The summed E-state index contributed by atoms with van der Waals surface area (Å²) in [5, 5.41) is 1.03. The Hall–Kier alpha value is -0.880. The fourth-order valence-corrected chi connectivity index (χ4v) is 2.24. The molecule has 1 aliphatic heterocycles. The van der Waals surface area contributed by atoms with E-state index in [0.717, 1.165) is 5.33 Å². The number of halogens is 2. The summed E-state index contributed by atoms with van der Waals surface area (Å²) in [6.45, 7) is 0.601. The van der Waals surface area contributed by atoms with E-state index in [9.17, 15) is 4.79 Å². The van der Waals surface area contributed by atoms with Crippen LogP contribution < -0.4 is 10.6 Å². The third-order valence-corrected chi connectivity index (χ3v) is 3.48. The molecule has 1 saturated heterocycles. The highest BCUT2D eigenvalue weighted by molar-refractivity contribution is 9.09. The molecular weight excluding hydrogens is 295 g/mol. The van der Waals surface area contributed by atoms with Crippen LogP contribution in [0.4, 0.5) is 11.8 Å². The van der Waals surface area contributed by atoms with Crippen molar-refractivity contribution in [1.29, 1.82) is 0 Å². The predicted molar refractivity (Wildman–Crippen MR) is 65.7 cm³/mol. The largest absolute Gasteiger partial charge is 0.383 e. The number of anilines is 2. The first-order valence-electron chi connectivity index (χ1n) is 4.76. The van der Waals surface area contributed by atoms with E-state index in [1.165, 1.54) is 11.0 Å². The van der Waals surface area contributed by atoms with Crippen molar-refractivity contribution in [2.24, 2.45) is 5.92 Å². The van der Waals surface area contributed by atoms with Crippen molar-refractivity contribution in [1.82, 2.24) is 9.97 Å². The van der Waals surface area contributed by atoms with Gasteiger partial charge in [0.1, 0.15) is 11.0 Å². The van der Waals surface area contributed by atoms with E-state index in [0.29, 0.717) is 18.9 Å². The standard InChI is InChI=1S/C9H10BrClN4O/c10-3-5-1-8(16)15(4-5)9-13-6(11)2-7(12)14-9/h2,5H,1,3-4H2,(H2,12,13,14). The minimum Gasteiger partial charge on any atom is -0.383 e. The summed E-state index contributed by atoms with van der Waals surface area (Å²) in [5.41, 5.74) is 5.56. The zero-order chi connectivity index (χ0) is 11.7. The van der Waals surface area contributed by atoms with Crippen LogP contribution in [0.1, 0.15) is 6.42 Å². The number of hydrogen-bond acceptors (Lipinski definition) is 4. The molecular formula is C9H10BrClN4O. The molecule has 1 unspecified atom stereocenters. The van der Waals surface area contributed by atoms with Crippen LogP contribution in [0.5, 0.6) is 0 Å². The number of nitrogens with two attached hydrogens (primary N) is 1. The van der Waals surface area contributed by atoms with Crippen molar-refractivity contribution in [2.45, 2.75) is 6.42 Å². The third kappa shape index (κ3) is 2.27. The molecule has 0 aromatic carbocycles. The molecule has 2 rings (SSSR count). The monoisotopic (exact) mass is 304 g/mol. The van der Waals surface area contributed by atoms with Crippen LogP contribution in [0, 0.1) is 5.92 Å². The van der Waals surface area contributed by atoms with E-state index < -0.39 is 0 Å². The molecule has 1 aromatic heterocycles. The molecule has 16 heavy (non-hydrogen) atoms. The molecule has 1 amide bonds. The fourth-order valence-electron chi connectivity index (χ4n) is 1.62. The Labute approximate surface area is 106 Å². The SMILES string of the molecule is Nc1cc(Cl)nc(N2CC(CBr)CC2=O)n1. The maximum Gasteiger partial charge on any atom is 0.235 e. The molecule has 1 atom stereocenters. The summed E-state index contributed by atoms with van der Waals surface area (Å²) < 4.78 is 0. The molecule has 2 N–H and O–H groups in total. The summed E-state index contributed by atoms with van der Waals surface area (Å²) in [7, 11) is 0. The van der Waals surface area contributed by atoms with Gasteiger partial charge < -0.3 is 5.73 Å². The first kappa shape index (κ1) is 11.6. The van der Waals surface area contributed by atoms with Crippen molar-refractivity contribution < 1.29 is 4.79 Å². The van der Waals surface area contributed by atoms with Gasteiger partial charge in [0, 0.05) is 24.4 Å². The van der Waals surface area contributed by atoms with Crippen molar-refractivity contribution >= 4 is 45.2 Å². The zero-order valence-corrected chi connectivity index (χ0v) is 10.7. The number of alkyl halides is 1. The molecule has 1 fully saturated rings. The number of nitrogen functional groups attached to an aromatic ring is 1. The van der Waals surface area contributed by atoms with Crippen LogP contribution in [0.25, 0.3) is 0 Å². The van der Waals surface area contributed by atoms with Gasteiger partial charge in [0.2, 0.25) is 11.9 Å². The Bertz CT molecular complexity index is 408. The van der Waals surface area contributed by atoms with Crippen molar-refractivity contribution in [3.05, 3.63) is 11.2 Å². The van der Waals surface area contributed by atoms with Gasteiger partial charge in [-0.2, -0.15) is 4.98 Å². The van der Waals surface area contributed by atoms with E-state index in [1.54, 1.807) is 0 Å². The Morgan fingerprint density at radius 2 is 2.38 bits per heavy atom. The molecule has 0 aliphatic carbocycles. The molecule has 1 aromatic rings. The van der Waals surface area contributed by atoms with E-state index in [1.807, 2.05) is 0 Å². The second kappa shape index (κ2) is 4.55. The van der Waals surface area contributed by atoms with Crippen LogP contribution in [-0.2, 0) is 4.79 Å². The molecule has 5 nitrogen and oxygen atoms in total. The highest BCUT2D eigenvalue weighted by Gasteiger charge is 2.31. The molecule has 1 aliphatic rings. The van der Waals surface area contributed by atoms with Crippen molar-refractivity contribution in [2.75, 3.05) is 22.5 Å². The first-order valence-corrected chi connectivity index (χ1v) is 6.26. The minimum atomic E-state index is 0.00566. The van der Waals surface area contributed by atoms with Gasteiger partial charge in [-0.3, -0.25) is 9.69 Å². The van der Waals surface area contributed by atoms with Gasteiger partial charge in [-0.15, -0.1) is 0 Å². The number of carbonyl (C=O) groups is 1. The van der Waals surface area contributed by atoms with Gasteiger partial charge in [0.05, 0.1) is 0 Å².